The van der Waals surface area contributed by atoms with Crippen molar-refractivity contribution in [1.29, 1.82) is 0 Å². The zero-order chi connectivity index (χ0) is 22.5. The first kappa shape index (κ1) is 24.6. The third-order valence-electron chi connectivity index (χ3n) is 9.55. The lowest BCUT2D eigenvalue weighted by molar-refractivity contribution is 0.00940. The summed E-state index contributed by atoms with van der Waals surface area (Å²) in [6.07, 6.45) is 15.4. The van der Waals surface area contributed by atoms with Crippen molar-refractivity contribution in [2.24, 2.45) is 35.5 Å². The quantitative estimate of drug-likeness (QED) is 0.350. The topological polar surface area (TPSA) is 9.23 Å². The van der Waals surface area contributed by atoms with Gasteiger partial charge in [-0.15, -0.1) is 0 Å². The lowest BCUT2D eigenvalue weighted by atomic mass is 9.64. The average molecular weight is 455 g/mol. The molecule has 4 rings (SSSR count). The van der Waals surface area contributed by atoms with E-state index in [0.29, 0.717) is 43.1 Å². The van der Waals surface area contributed by atoms with E-state index in [9.17, 15) is 8.78 Å². The number of alkyl halides is 3. The molecule has 4 unspecified atom stereocenters. The van der Waals surface area contributed by atoms with Crippen molar-refractivity contribution < 1.29 is 17.9 Å². The minimum Gasteiger partial charge on any atom is -0.378 e. The maximum Gasteiger partial charge on any atom is 0.241 e. The minimum atomic E-state index is -2.19. The van der Waals surface area contributed by atoms with Crippen LogP contribution in [0.3, 0.4) is 0 Å². The molecule has 0 aromatic heterocycles. The van der Waals surface area contributed by atoms with Gasteiger partial charge in [-0.25, -0.2) is 13.2 Å². The number of hydrogen-bond donors (Lipinski definition) is 0. The molecule has 0 heterocycles. The van der Waals surface area contributed by atoms with Crippen LogP contribution in [0.15, 0.2) is 11.6 Å². The molecular weight excluding hydrogens is 409 g/mol. The molecule has 4 aliphatic carbocycles. The molecule has 3 saturated carbocycles. The second-order valence-electron chi connectivity index (χ2n) is 11.4. The lowest BCUT2D eigenvalue weighted by Crippen LogP contribution is -2.36. The van der Waals surface area contributed by atoms with E-state index < -0.39 is 18.5 Å². The average Bonchev–Trinajstić information content (AvgIpc) is 2.83. The third kappa shape index (κ3) is 6.13. The summed E-state index contributed by atoms with van der Waals surface area (Å²) in [4.78, 5) is 0. The highest BCUT2D eigenvalue weighted by molar-refractivity contribution is 5.12. The van der Waals surface area contributed by atoms with Gasteiger partial charge in [0.1, 0.15) is 6.17 Å². The summed E-state index contributed by atoms with van der Waals surface area (Å²) in [5.74, 6) is 1.96. The summed E-state index contributed by atoms with van der Waals surface area (Å²) in [6, 6.07) is 0. The molecule has 1 nitrogen and oxygen atoms in total. The lowest BCUT2D eigenvalue weighted by Gasteiger charge is -2.42. The Labute approximate surface area is 193 Å². The molecule has 4 aliphatic rings. The molecule has 4 heteroatoms. The van der Waals surface area contributed by atoms with Gasteiger partial charge < -0.3 is 4.74 Å². The maximum absolute atomic E-state index is 15.2. The molecule has 0 spiro atoms. The third-order valence-corrected chi connectivity index (χ3v) is 9.55. The molecule has 0 aromatic rings. The fourth-order valence-corrected chi connectivity index (χ4v) is 7.51. The van der Waals surface area contributed by atoms with Crippen LogP contribution in [0.5, 0.6) is 0 Å². The molecule has 0 aliphatic heterocycles. The van der Waals surface area contributed by atoms with E-state index in [-0.39, 0.29) is 5.92 Å². The fourth-order valence-electron chi connectivity index (χ4n) is 7.51. The molecule has 32 heavy (non-hydrogen) atoms. The molecule has 3 fully saturated rings. The summed E-state index contributed by atoms with van der Waals surface area (Å²) < 4.78 is 47.1. The summed E-state index contributed by atoms with van der Waals surface area (Å²) in [5.41, 5.74) is 1.68. The summed E-state index contributed by atoms with van der Waals surface area (Å²) in [6.45, 7) is 3.07. The molecule has 184 valence electrons. The number of hydrogen-bond acceptors (Lipinski definition) is 1. The Bertz CT molecular complexity index is 589. The molecule has 0 bridgehead atoms. The van der Waals surface area contributed by atoms with Crippen LogP contribution in [0.25, 0.3) is 0 Å². The van der Waals surface area contributed by atoms with Crippen molar-refractivity contribution in [3.05, 3.63) is 11.6 Å². The Morgan fingerprint density at radius 2 is 1.59 bits per heavy atom. The first-order valence-electron chi connectivity index (χ1n) is 13.8. The van der Waals surface area contributed by atoms with Gasteiger partial charge in [0, 0.05) is 12.5 Å². The van der Waals surface area contributed by atoms with Crippen LogP contribution in [-0.4, -0.2) is 25.3 Å². The smallest absolute Gasteiger partial charge is 0.241 e. The van der Waals surface area contributed by atoms with Crippen LogP contribution in [0.2, 0.25) is 0 Å². The van der Waals surface area contributed by atoms with Gasteiger partial charge in [-0.05, 0) is 126 Å². The monoisotopic (exact) mass is 454 g/mol. The fraction of sp³-hybridized carbons (Fsp3) is 0.929. The highest BCUT2D eigenvalue weighted by atomic mass is 19.3. The van der Waals surface area contributed by atoms with Gasteiger partial charge in [0.05, 0.1) is 6.10 Å². The van der Waals surface area contributed by atoms with Crippen LogP contribution < -0.4 is 0 Å². The van der Waals surface area contributed by atoms with Crippen LogP contribution in [0.1, 0.15) is 103 Å². The van der Waals surface area contributed by atoms with Crippen LogP contribution in [0, 0.1) is 35.5 Å². The Hall–Kier alpha value is -0.510. The maximum atomic E-state index is 15.2. The molecule has 0 N–H and O–H groups in total. The van der Waals surface area contributed by atoms with E-state index in [2.05, 4.69) is 13.0 Å². The summed E-state index contributed by atoms with van der Waals surface area (Å²) in [5, 5.41) is 0. The van der Waals surface area contributed by atoms with Crippen molar-refractivity contribution in [3.63, 3.8) is 0 Å². The van der Waals surface area contributed by atoms with Gasteiger partial charge in [-0.2, -0.15) is 0 Å². The standard InChI is InChI=1S/C28H45F3O/c1-2-17-32-25-14-11-20(12-15-25)19-3-5-21(6-4-19)24-13-16-26(27(29)18-24)22-7-9-23(10-8-22)28(30)31/h3,20-28H,2,4-18H2,1H3. The molecule has 0 amide bonds. The molecular formula is C28H45F3O. The molecule has 4 atom stereocenters. The highest BCUT2D eigenvalue weighted by Crippen LogP contribution is 2.47. The Morgan fingerprint density at radius 3 is 2.19 bits per heavy atom. The van der Waals surface area contributed by atoms with Gasteiger partial charge >= 0.3 is 0 Å². The van der Waals surface area contributed by atoms with E-state index in [0.717, 1.165) is 51.0 Å². The van der Waals surface area contributed by atoms with Gasteiger partial charge in [0.15, 0.2) is 0 Å². The summed E-state index contributed by atoms with van der Waals surface area (Å²) >= 11 is 0. The molecule has 0 aromatic carbocycles. The van der Waals surface area contributed by atoms with E-state index in [1.54, 1.807) is 5.57 Å². The number of allylic oxidation sites excluding steroid dienone is 2. The van der Waals surface area contributed by atoms with E-state index in [4.69, 9.17) is 4.74 Å². The Balaban J connectivity index is 1.20. The van der Waals surface area contributed by atoms with Gasteiger partial charge in [0.2, 0.25) is 6.43 Å². The van der Waals surface area contributed by atoms with Crippen LogP contribution in [-0.2, 0) is 4.74 Å². The number of ether oxygens (including phenoxy) is 1. The van der Waals surface area contributed by atoms with Crippen LogP contribution >= 0.6 is 0 Å². The summed E-state index contributed by atoms with van der Waals surface area (Å²) in [7, 11) is 0. The first-order valence-corrected chi connectivity index (χ1v) is 13.8. The molecule has 0 radical (unpaired) electrons. The van der Waals surface area contributed by atoms with Crippen molar-refractivity contribution in [3.8, 4) is 0 Å². The number of rotatable bonds is 7. The van der Waals surface area contributed by atoms with Crippen molar-refractivity contribution in [2.75, 3.05) is 6.61 Å². The SMILES string of the molecule is CCCOC1CCC(C2=CCC(C3CCC(C4CCC(C(F)F)CC4)C(F)C3)CC2)CC1. The van der Waals surface area contributed by atoms with E-state index in [1.165, 1.54) is 38.5 Å². The Morgan fingerprint density at radius 1 is 0.875 bits per heavy atom. The predicted octanol–water partition coefficient (Wildman–Crippen LogP) is 8.52. The number of halogens is 3. The second-order valence-corrected chi connectivity index (χ2v) is 11.4. The zero-order valence-corrected chi connectivity index (χ0v) is 20.1. The first-order chi connectivity index (χ1) is 15.5. The Kier molecular flexibility index (Phi) is 9.04. The van der Waals surface area contributed by atoms with Gasteiger partial charge in [-0.3, -0.25) is 0 Å². The normalized spacial score (nSPS) is 41.5. The van der Waals surface area contributed by atoms with E-state index >= 15 is 4.39 Å². The largest absolute Gasteiger partial charge is 0.378 e. The van der Waals surface area contributed by atoms with Crippen molar-refractivity contribution in [2.45, 2.75) is 122 Å². The zero-order valence-electron chi connectivity index (χ0n) is 20.1. The highest BCUT2D eigenvalue weighted by Gasteiger charge is 2.40. The minimum absolute atomic E-state index is 0.129. The van der Waals surface area contributed by atoms with Gasteiger partial charge in [0.25, 0.3) is 0 Å². The van der Waals surface area contributed by atoms with Gasteiger partial charge in [-0.1, -0.05) is 18.6 Å². The predicted molar refractivity (Wildman–Crippen MR) is 125 cm³/mol. The second kappa shape index (κ2) is 11.8. The molecule has 0 saturated heterocycles. The van der Waals surface area contributed by atoms with Crippen molar-refractivity contribution in [1.82, 2.24) is 0 Å². The van der Waals surface area contributed by atoms with Crippen LogP contribution in [0.4, 0.5) is 13.2 Å². The van der Waals surface area contributed by atoms with Crippen molar-refractivity contribution >= 4 is 0 Å². The van der Waals surface area contributed by atoms with E-state index in [1.807, 2.05) is 0 Å².